The molecule has 1 aliphatic carbocycles. The molecule has 0 amide bonds. The molecule has 1 aromatic rings. The van der Waals surface area contributed by atoms with Gasteiger partial charge in [-0.1, -0.05) is 12.2 Å². The number of hydrogen-bond donors (Lipinski definition) is 2. The minimum atomic E-state index is -0.756. The number of aliphatic hydroxyl groups excluding tert-OH is 2. The Morgan fingerprint density at radius 1 is 1.35 bits per heavy atom. The van der Waals surface area contributed by atoms with E-state index in [1.54, 1.807) is 7.11 Å². The van der Waals surface area contributed by atoms with Gasteiger partial charge in [-0.15, -0.1) is 0 Å². The molecule has 5 atom stereocenters. The van der Waals surface area contributed by atoms with E-state index in [-0.39, 0.29) is 18.2 Å². The predicted octanol–water partition coefficient (Wildman–Crippen LogP) is 1.06. The van der Waals surface area contributed by atoms with Gasteiger partial charge in [0.25, 0.3) is 0 Å². The highest BCUT2D eigenvalue weighted by Crippen LogP contribution is 2.59. The molecular formula is C17H19NO5. The van der Waals surface area contributed by atoms with Gasteiger partial charge in [0, 0.05) is 23.6 Å². The molecule has 0 saturated carbocycles. The fourth-order valence-electron chi connectivity index (χ4n) is 4.80. The zero-order valence-electron chi connectivity index (χ0n) is 12.9. The molecule has 1 unspecified atom stereocenters. The summed E-state index contributed by atoms with van der Waals surface area (Å²) >= 11 is 0. The lowest BCUT2D eigenvalue weighted by Gasteiger charge is -2.47. The van der Waals surface area contributed by atoms with Crippen molar-refractivity contribution in [1.82, 2.24) is 4.90 Å². The molecule has 0 aromatic heterocycles. The molecule has 0 spiro atoms. The standard InChI is InChI=1S/C17H19NO5/c1-21-15-13-10(7-11-14(15)23-8-22-11)17-3-2-9(19)6-12(17)18(5-4-17)16(13)20/h2-3,7,9,12,16,19-20H,4-6,8H2,1H3/t9-,12+,16+,17+/m0/s1. The number of methoxy groups -OCH3 is 1. The van der Waals surface area contributed by atoms with E-state index < -0.39 is 12.3 Å². The third kappa shape index (κ3) is 1.53. The SMILES string of the molecule is COc1c2c(cc3c1[C@@H](O)N1CC[C@]34C=C[C@H](O)C[C@@H]14)OCO2. The Labute approximate surface area is 133 Å². The first-order chi connectivity index (χ1) is 11.2. The maximum atomic E-state index is 11.0. The van der Waals surface area contributed by atoms with Gasteiger partial charge in [-0.3, -0.25) is 4.90 Å². The summed E-state index contributed by atoms with van der Waals surface area (Å²) in [6.45, 7) is 0.951. The molecule has 3 aliphatic heterocycles. The summed E-state index contributed by atoms with van der Waals surface area (Å²) in [5.74, 6) is 1.80. The van der Waals surface area contributed by atoms with E-state index in [1.165, 1.54) is 0 Å². The Morgan fingerprint density at radius 3 is 3.04 bits per heavy atom. The molecule has 3 heterocycles. The van der Waals surface area contributed by atoms with Crippen LogP contribution in [0.2, 0.25) is 0 Å². The molecule has 4 aliphatic rings. The quantitative estimate of drug-likeness (QED) is 0.755. The molecule has 6 nitrogen and oxygen atoms in total. The van der Waals surface area contributed by atoms with E-state index in [2.05, 4.69) is 11.0 Å². The van der Waals surface area contributed by atoms with Gasteiger partial charge in [-0.2, -0.15) is 0 Å². The fraction of sp³-hybridized carbons (Fsp3) is 0.529. The van der Waals surface area contributed by atoms with Crippen LogP contribution in [0.3, 0.4) is 0 Å². The van der Waals surface area contributed by atoms with Crippen LogP contribution >= 0.6 is 0 Å². The van der Waals surface area contributed by atoms with E-state index in [0.717, 1.165) is 24.1 Å². The lowest BCUT2D eigenvalue weighted by atomic mass is 9.66. The van der Waals surface area contributed by atoms with Crippen molar-refractivity contribution in [3.63, 3.8) is 0 Å². The van der Waals surface area contributed by atoms with E-state index in [9.17, 15) is 10.2 Å². The molecule has 23 heavy (non-hydrogen) atoms. The number of aliphatic hydroxyl groups is 2. The maximum Gasteiger partial charge on any atom is 0.231 e. The highest BCUT2D eigenvalue weighted by Gasteiger charge is 2.57. The van der Waals surface area contributed by atoms with Crippen molar-refractivity contribution in [2.24, 2.45) is 0 Å². The Hall–Kier alpha value is -1.76. The van der Waals surface area contributed by atoms with Crippen LogP contribution in [0.15, 0.2) is 18.2 Å². The molecule has 2 bridgehead atoms. The van der Waals surface area contributed by atoms with Crippen LogP contribution in [0.5, 0.6) is 17.2 Å². The van der Waals surface area contributed by atoms with Gasteiger partial charge in [-0.05, 0) is 24.5 Å². The normalized spacial score (nSPS) is 39.1. The summed E-state index contributed by atoms with van der Waals surface area (Å²) in [6, 6.07) is 2.08. The largest absolute Gasteiger partial charge is 0.492 e. The van der Waals surface area contributed by atoms with Crippen LogP contribution in [-0.4, -0.2) is 47.7 Å². The Kier molecular flexibility index (Phi) is 2.62. The van der Waals surface area contributed by atoms with Crippen molar-refractivity contribution >= 4 is 0 Å². The van der Waals surface area contributed by atoms with Gasteiger partial charge >= 0.3 is 0 Å². The monoisotopic (exact) mass is 317 g/mol. The zero-order valence-corrected chi connectivity index (χ0v) is 12.9. The minimum absolute atomic E-state index is 0.0927. The summed E-state index contributed by atoms with van der Waals surface area (Å²) in [5, 5.41) is 21.0. The minimum Gasteiger partial charge on any atom is -0.492 e. The average molecular weight is 317 g/mol. The highest BCUT2D eigenvalue weighted by molar-refractivity contribution is 5.65. The summed E-state index contributed by atoms with van der Waals surface area (Å²) in [6.07, 6.45) is 4.31. The van der Waals surface area contributed by atoms with Crippen LogP contribution in [0.25, 0.3) is 0 Å². The van der Waals surface area contributed by atoms with Crippen LogP contribution in [0, 0.1) is 0 Å². The molecule has 1 fully saturated rings. The van der Waals surface area contributed by atoms with E-state index in [0.29, 0.717) is 23.7 Å². The van der Waals surface area contributed by atoms with Crippen LogP contribution in [0.4, 0.5) is 0 Å². The number of hydrogen-bond acceptors (Lipinski definition) is 6. The Balaban J connectivity index is 1.81. The molecule has 122 valence electrons. The van der Waals surface area contributed by atoms with Crippen LogP contribution in [-0.2, 0) is 5.41 Å². The lowest BCUT2D eigenvalue weighted by Crippen LogP contribution is -2.51. The summed E-state index contributed by atoms with van der Waals surface area (Å²) < 4.78 is 16.7. The molecule has 1 saturated heterocycles. The second-order valence-corrected chi connectivity index (χ2v) is 6.68. The topological polar surface area (TPSA) is 71.4 Å². The third-order valence-corrected chi connectivity index (χ3v) is 5.80. The Morgan fingerprint density at radius 2 is 2.22 bits per heavy atom. The molecule has 1 aromatic carbocycles. The summed E-state index contributed by atoms with van der Waals surface area (Å²) in [7, 11) is 1.59. The summed E-state index contributed by atoms with van der Waals surface area (Å²) in [5.41, 5.74) is 1.60. The van der Waals surface area contributed by atoms with Crippen molar-refractivity contribution in [1.29, 1.82) is 0 Å². The van der Waals surface area contributed by atoms with Crippen molar-refractivity contribution in [3.05, 3.63) is 29.3 Å². The van der Waals surface area contributed by atoms with Gasteiger partial charge in [0.05, 0.1) is 13.2 Å². The van der Waals surface area contributed by atoms with Crippen molar-refractivity contribution in [3.8, 4) is 17.2 Å². The first-order valence-corrected chi connectivity index (χ1v) is 7.98. The number of nitrogens with zero attached hydrogens (tertiary/aromatic N) is 1. The average Bonchev–Trinajstić information content (AvgIpc) is 3.13. The lowest BCUT2D eigenvalue weighted by molar-refractivity contribution is -0.0378. The van der Waals surface area contributed by atoms with Crippen LogP contribution in [0.1, 0.15) is 30.2 Å². The maximum absolute atomic E-state index is 11.0. The number of rotatable bonds is 1. The number of ether oxygens (including phenoxy) is 3. The van der Waals surface area contributed by atoms with Gasteiger partial charge in [-0.25, -0.2) is 0 Å². The fourth-order valence-corrected chi connectivity index (χ4v) is 4.80. The van der Waals surface area contributed by atoms with E-state index in [1.807, 2.05) is 12.1 Å². The molecular weight excluding hydrogens is 298 g/mol. The second-order valence-electron chi connectivity index (χ2n) is 6.68. The first kappa shape index (κ1) is 13.7. The van der Waals surface area contributed by atoms with Gasteiger partial charge in [0.2, 0.25) is 12.5 Å². The molecule has 5 rings (SSSR count). The van der Waals surface area contributed by atoms with Crippen molar-refractivity contribution in [2.75, 3.05) is 20.4 Å². The van der Waals surface area contributed by atoms with Gasteiger partial charge < -0.3 is 24.4 Å². The highest BCUT2D eigenvalue weighted by atomic mass is 16.7. The van der Waals surface area contributed by atoms with Crippen molar-refractivity contribution in [2.45, 2.75) is 36.6 Å². The molecule has 0 radical (unpaired) electrons. The van der Waals surface area contributed by atoms with E-state index >= 15 is 0 Å². The predicted molar refractivity (Wildman–Crippen MR) is 80.6 cm³/mol. The number of fused-ring (bicyclic) bond motifs is 2. The summed E-state index contributed by atoms with van der Waals surface area (Å²) in [4.78, 5) is 2.07. The zero-order chi connectivity index (χ0) is 15.8. The molecule has 6 heteroatoms. The smallest absolute Gasteiger partial charge is 0.231 e. The second kappa shape index (κ2) is 4.41. The first-order valence-electron chi connectivity index (χ1n) is 7.98. The van der Waals surface area contributed by atoms with Gasteiger partial charge in [0.15, 0.2) is 11.5 Å². The van der Waals surface area contributed by atoms with Gasteiger partial charge in [0.1, 0.15) is 6.23 Å². The van der Waals surface area contributed by atoms with Crippen molar-refractivity contribution < 1.29 is 24.4 Å². The third-order valence-electron chi connectivity index (χ3n) is 5.80. The number of benzene rings is 1. The Bertz CT molecular complexity index is 717. The molecule has 2 N–H and O–H groups in total. The van der Waals surface area contributed by atoms with Crippen LogP contribution < -0.4 is 14.2 Å². The van der Waals surface area contributed by atoms with E-state index in [4.69, 9.17) is 14.2 Å².